The summed E-state index contributed by atoms with van der Waals surface area (Å²) in [5.41, 5.74) is 6.47. The molecule has 13 heavy (non-hydrogen) atoms. The molecule has 0 aliphatic rings. The minimum Gasteiger partial charge on any atom is -0.330 e. The Morgan fingerprint density at radius 3 is 2.85 bits per heavy atom. The number of thioether (sulfide) groups is 1. The summed E-state index contributed by atoms with van der Waals surface area (Å²) >= 11 is 1.65. The third-order valence-corrected chi connectivity index (χ3v) is 2.73. The molecule has 0 spiro atoms. The molecule has 0 heterocycles. The first-order valence-corrected chi connectivity index (χ1v) is 5.53. The molecule has 0 aliphatic carbocycles. The van der Waals surface area contributed by atoms with Gasteiger partial charge in [-0.15, -0.1) is 11.8 Å². The van der Waals surface area contributed by atoms with Gasteiger partial charge in [-0.05, 0) is 49.4 Å². The second-order valence-electron chi connectivity index (χ2n) is 2.85. The van der Waals surface area contributed by atoms with Crippen LogP contribution in [0.25, 0.3) is 0 Å². The SMILES string of the molecule is CSc1ccc(F)cc1CCCN. The summed E-state index contributed by atoms with van der Waals surface area (Å²) in [6, 6.07) is 4.92. The molecule has 0 bridgehead atoms. The normalized spacial score (nSPS) is 10.4. The van der Waals surface area contributed by atoms with Crippen LogP contribution in [-0.2, 0) is 6.42 Å². The number of hydrogen-bond donors (Lipinski definition) is 1. The zero-order valence-electron chi connectivity index (χ0n) is 7.72. The van der Waals surface area contributed by atoms with Gasteiger partial charge in [0.25, 0.3) is 0 Å². The lowest BCUT2D eigenvalue weighted by atomic mass is 10.1. The molecule has 72 valence electrons. The van der Waals surface area contributed by atoms with Gasteiger partial charge in [-0.25, -0.2) is 4.39 Å². The summed E-state index contributed by atoms with van der Waals surface area (Å²) < 4.78 is 12.9. The highest BCUT2D eigenvalue weighted by Gasteiger charge is 2.02. The Bertz CT molecular complexity index is 276. The molecule has 3 heteroatoms. The Labute approximate surface area is 82.5 Å². The summed E-state index contributed by atoms with van der Waals surface area (Å²) in [6.07, 6.45) is 3.78. The van der Waals surface area contributed by atoms with E-state index in [1.807, 2.05) is 12.3 Å². The van der Waals surface area contributed by atoms with Gasteiger partial charge in [0, 0.05) is 4.90 Å². The number of hydrogen-bond acceptors (Lipinski definition) is 2. The molecule has 0 fully saturated rings. The average molecular weight is 199 g/mol. The first kappa shape index (κ1) is 10.5. The van der Waals surface area contributed by atoms with Crippen molar-refractivity contribution in [3.63, 3.8) is 0 Å². The fourth-order valence-electron chi connectivity index (χ4n) is 1.24. The van der Waals surface area contributed by atoms with Gasteiger partial charge in [0.2, 0.25) is 0 Å². The number of rotatable bonds is 4. The van der Waals surface area contributed by atoms with Crippen LogP contribution in [0.4, 0.5) is 4.39 Å². The molecule has 0 amide bonds. The average Bonchev–Trinajstić information content (AvgIpc) is 2.15. The predicted molar refractivity (Wildman–Crippen MR) is 55.6 cm³/mol. The highest BCUT2D eigenvalue weighted by molar-refractivity contribution is 7.98. The van der Waals surface area contributed by atoms with E-state index in [-0.39, 0.29) is 5.82 Å². The van der Waals surface area contributed by atoms with Crippen molar-refractivity contribution >= 4 is 11.8 Å². The van der Waals surface area contributed by atoms with Crippen LogP contribution < -0.4 is 5.73 Å². The van der Waals surface area contributed by atoms with Crippen molar-refractivity contribution in [1.82, 2.24) is 0 Å². The van der Waals surface area contributed by atoms with Crippen molar-refractivity contribution in [3.05, 3.63) is 29.6 Å². The van der Waals surface area contributed by atoms with Gasteiger partial charge in [-0.2, -0.15) is 0 Å². The van der Waals surface area contributed by atoms with Crippen molar-refractivity contribution in [2.24, 2.45) is 5.73 Å². The summed E-state index contributed by atoms with van der Waals surface area (Å²) in [6.45, 7) is 0.657. The number of aryl methyl sites for hydroxylation is 1. The third-order valence-electron chi connectivity index (χ3n) is 1.89. The maximum atomic E-state index is 12.9. The van der Waals surface area contributed by atoms with E-state index in [1.54, 1.807) is 17.8 Å². The minimum absolute atomic E-state index is 0.162. The monoisotopic (exact) mass is 199 g/mol. The Kier molecular flexibility index (Phi) is 4.25. The van der Waals surface area contributed by atoms with Crippen LogP contribution in [0.3, 0.4) is 0 Å². The van der Waals surface area contributed by atoms with Crippen LogP contribution in [0.15, 0.2) is 23.1 Å². The number of benzene rings is 1. The minimum atomic E-state index is -0.162. The molecule has 1 aromatic rings. The lowest BCUT2D eigenvalue weighted by Crippen LogP contribution is -2.01. The summed E-state index contributed by atoms with van der Waals surface area (Å²) in [5.74, 6) is -0.162. The zero-order valence-corrected chi connectivity index (χ0v) is 8.53. The molecule has 0 atom stereocenters. The lowest BCUT2D eigenvalue weighted by molar-refractivity contribution is 0.622. The smallest absolute Gasteiger partial charge is 0.123 e. The standard InChI is InChI=1S/C10H14FNS/c1-13-10-5-4-9(11)7-8(10)3-2-6-12/h4-5,7H,2-3,6,12H2,1H3. The quantitative estimate of drug-likeness (QED) is 0.754. The van der Waals surface area contributed by atoms with Crippen LogP contribution in [0.5, 0.6) is 0 Å². The largest absolute Gasteiger partial charge is 0.330 e. The van der Waals surface area contributed by atoms with Crippen molar-refractivity contribution in [3.8, 4) is 0 Å². The van der Waals surface area contributed by atoms with Gasteiger partial charge in [0.05, 0.1) is 0 Å². The third kappa shape index (κ3) is 3.01. The molecule has 0 saturated heterocycles. The molecule has 0 aliphatic heterocycles. The maximum Gasteiger partial charge on any atom is 0.123 e. The van der Waals surface area contributed by atoms with E-state index in [2.05, 4.69) is 0 Å². The van der Waals surface area contributed by atoms with Crippen LogP contribution in [0.2, 0.25) is 0 Å². The van der Waals surface area contributed by atoms with Crippen molar-refractivity contribution in [1.29, 1.82) is 0 Å². The molecule has 1 nitrogen and oxygen atoms in total. The second-order valence-corrected chi connectivity index (χ2v) is 3.70. The van der Waals surface area contributed by atoms with Gasteiger partial charge >= 0.3 is 0 Å². The Morgan fingerprint density at radius 1 is 1.46 bits per heavy atom. The fraction of sp³-hybridized carbons (Fsp3) is 0.400. The zero-order chi connectivity index (χ0) is 9.68. The highest BCUT2D eigenvalue weighted by Crippen LogP contribution is 2.22. The van der Waals surface area contributed by atoms with E-state index >= 15 is 0 Å². The molecule has 1 rings (SSSR count). The Balaban J connectivity index is 2.81. The molecule has 0 radical (unpaired) electrons. The second kappa shape index (κ2) is 5.25. The van der Waals surface area contributed by atoms with Crippen LogP contribution >= 0.6 is 11.8 Å². The maximum absolute atomic E-state index is 12.9. The molecule has 2 N–H and O–H groups in total. The Morgan fingerprint density at radius 2 is 2.23 bits per heavy atom. The van der Waals surface area contributed by atoms with Gasteiger partial charge in [-0.1, -0.05) is 0 Å². The summed E-state index contributed by atoms with van der Waals surface area (Å²) in [4.78, 5) is 1.15. The van der Waals surface area contributed by atoms with Gasteiger partial charge < -0.3 is 5.73 Å². The molecule has 0 aromatic heterocycles. The summed E-state index contributed by atoms with van der Waals surface area (Å²) in [7, 11) is 0. The van der Waals surface area contributed by atoms with Crippen molar-refractivity contribution in [2.75, 3.05) is 12.8 Å². The van der Waals surface area contributed by atoms with Gasteiger partial charge in [0.1, 0.15) is 5.82 Å². The van der Waals surface area contributed by atoms with Crippen LogP contribution in [0, 0.1) is 5.82 Å². The first-order valence-electron chi connectivity index (χ1n) is 4.30. The van der Waals surface area contributed by atoms with E-state index in [0.717, 1.165) is 23.3 Å². The molecule has 0 unspecified atom stereocenters. The van der Waals surface area contributed by atoms with Gasteiger partial charge in [0.15, 0.2) is 0 Å². The molecule has 0 saturated carbocycles. The fourth-order valence-corrected chi connectivity index (χ4v) is 1.86. The summed E-state index contributed by atoms with van der Waals surface area (Å²) in [5, 5.41) is 0. The molecular formula is C10H14FNS. The first-order chi connectivity index (χ1) is 6.27. The topological polar surface area (TPSA) is 26.0 Å². The van der Waals surface area contributed by atoms with Crippen LogP contribution in [-0.4, -0.2) is 12.8 Å². The van der Waals surface area contributed by atoms with E-state index < -0.39 is 0 Å². The van der Waals surface area contributed by atoms with Crippen molar-refractivity contribution in [2.45, 2.75) is 17.7 Å². The van der Waals surface area contributed by atoms with E-state index in [4.69, 9.17) is 5.73 Å². The van der Waals surface area contributed by atoms with E-state index in [1.165, 1.54) is 6.07 Å². The van der Waals surface area contributed by atoms with E-state index in [0.29, 0.717) is 6.54 Å². The predicted octanol–water partition coefficient (Wildman–Crippen LogP) is 2.44. The van der Waals surface area contributed by atoms with Gasteiger partial charge in [-0.3, -0.25) is 0 Å². The lowest BCUT2D eigenvalue weighted by Gasteiger charge is -2.06. The van der Waals surface area contributed by atoms with E-state index in [9.17, 15) is 4.39 Å². The Hall–Kier alpha value is -0.540. The molecule has 1 aromatic carbocycles. The molecular weight excluding hydrogens is 185 g/mol. The number of nitrogens with two attached hydrogens (primary N) is 1. The highest BCUT2D eigenvalue weighted by atomic mass is 32.2. The number of halogens is 1. The van der Waals surface area contributed by atoms with Crippen LogP contribution in [0.1, 0.15) is 12.0 Å². The van der Waals surface area contributed by atoms with Crippen molar-refractivity contribution < 1.29 is 4.39 Å².